The summed E-state index contributed by atoms with van der Waals surface area (Å²) in [7, 11) is 1.29. The predicted octanol–water partition coefficient (Wildman–Crippen LogP) is 1.06. The summed E-state index contributed by atoms with van der Waals surface area (Å²) in [6.45, 7) is 3.42. The molecule has 0 fully saturated rings. The lowest BCUT2D eigenvalue weighted by Crippen LogP contribution is -2.43. The highest BCUT2D eigenvalue weighted by atomic mass is 16.5. The Kier molecular flexibility index (Phi) is 5.83. The van der Waals surface area contributed by atoms with E-state index in [1.807, 2.05) is 13.8 Å². The van der Waals surface area contributed by atoms with Crippen LogP contribution in [0.5, 0.6) is 5.75 Å². The molecule has 0 saturated heterocycles. The first-order valence-electron chi connectivity index (χ1n) is 6.28. The Labute approximate surface area is 118 Å². The fraction of sp³-hybridized carbons (Fsp3) is 0.429. The van der Waals surface area contributed by atoms with E-state index in [-0.39, 0.29) is 25.1 Å². The molecule has 6 heteroatoms. The van der Waals surface area contributed by atoms with Crippen molar-refractivity contribution in [1.82, 2.24) is 4.90 Å². The van der Waals surface area contributed by atoms with Gasteiger partial charge in [-0.05, 0) is 38.1 Å². The number of carbonyl (C=O) groups is 2. The second-order valence-electron chi connectivity index (χ2n) is 4.55. The lowest BCUT2D eigenvalue weighted by molar-refractivity contribution is -0.149. The molecule has 1 aromatic rings. The predicted molar refractivity (Wildman–Crippen MR) is 75.2 cm³/mol. The highest BCUT2D eigenvalue weighted by Gasteiger charge is 2.20. The lowest BCUT2D eigenvalue weighted by atomic mass is 10.3. The molecule has 0 saturated carbocycles. The van der Waals surface area contributed by atoms with Gasteiger partial charge < -0.3 is 20.1 Å². The summed E-state index contributed by atoms with van der Waals surface area (Å²) in [5.74, 6) is -0.184. The number of nitrogens with zero attached hydrogens (tertiary/aromatic N) is 1. The van der Waals surface area contributed by atoms with Crippen LogP contribution in [-0.4, -0.2) is 43.1 Å². The number of anilines is 1. The molecule has 20 heavy (non-hydrogen) atoms. The zero-order chi connectivity index (χ0) is 15.1. The first-order chi connectivity index (χ1) is 9.43. The Hall–Kier alpha value is -2.24. The van der Waals surface area contributed by atoms with E-state index in [9.17, 15) is 9.59 Å². The van der Waals surface area contributed by atoms with Gasteiger partial charge in [0.1, 0.15) is 12.3 Å². The summed E-state index contributed by atoms with van der Waals surface area (Å²) >= 11 is 0. The third kappa shape index (κ3) is 4.79. The van der Waals surface area contributed by atoms with Crippen molar-refractivity contribution in [2.24, 2.45) is 0 Å². The van der Waals surface area contributed by atoms with Crippen LogP contribution in [0.2, 0.25) is 0 Å². The number of nitrogens with two attached hydrogens (primary N) is 1. The molecule has 2 N–H and O–H groups in total. The molecule has 0 spiro atoms. The Bertz CT molecular complexity index is 457. The van der Waals surface area contributed by atoms with Crippen molar-refractivity contribution in [3.05, 3.63) is 24.3 Å². The molecule has 0 aliphatic rings. The van der Waals surface area contributed by atoms with Crippen molar-refractivity contribution in [3.63, 3.8) is 0 Å². The Morgan fingerprint density at radius 1 is 1.25 bits per heavy atom. The van der Waals surface area contributed by atoms with Gasteiger partial charge in [0, 0.05) is 11.7 Å². The highest BCUT2D eigenvalue weighted by Crippen LogP contribution is 2.13. The second-order valence-corrected chi connectivity index (χ2v) is 4.55. The second kappa shape index (κ2) is 7.37. The molecule has 0 unspecified atom stereocenters. The summed E-state index contributed by atoms with van der Waals surface area (Å²) in [5, 5.41) is 0. The fourth-order valence-corrected chi connectivity index (χ4v) is 1.55. The SMILES string of the molecule is COC(=O)CN(C(=O)COc1ccc(N)cc1)C(C)C. The fourth-order valence-electron chi connectivity index (χ4n) is 1.55. The van der Waals surface area contributed by atoms with Crippen LogP contribution >= 0.6 is 0 Å². The number of hydrogen-bond acceptors (Lipinski definition) is 5. The molecule has 1 amide bonds. The van der Waals surface area contributed by atoms with Crippen LogP contribution in [0.3, 0.4) is 0 Å². The normalized spacial score (nSPS) is 10.2. The van der Waals surface area contributed by atoms with Crippen LogP contribution < -0.4 is 10.5 Å². The minimum Gasteiger partial charge on any atom is -0.484 e. The molecule has 0 aliphatic heterocycles. The number of ether oxygens (including phenoxy) is 2. The summed E-state index contributed by atoms with van der Waals surface area (Å²) in [6, 6.07) is 6.63. The molecule has 1 rings (SSSR count). The number of esters is 1. The van der Waals surface area contributed by atoms with Crippen molar-refractivity contribution >= 4 is 17.6 Å². The first kappa shape index (κ1) is 15.8. The van der Waals surface area contributed by atoms with Crippen LogP contribution in [-0.2, 0) is 14.3 Å². The van der Waals surface area contributed by atoms with Crippen LogP contribution in [0, 0.1) is 0 Å². The number of nitrogen functional groups attached to an aromatic ring is 1. The maximum absolute atomic E-state index is 12.0. The van der Waals surface area contributed by atoms with E-state index in [0.717, 1.165) is 0 Å². The average molecular weight is 280 g/mol. The van der Waals surface area contributed by atoms with Gasteiger partial charge in [-0.25, -0.2) is 0 Å². The van der Waals surface area contributed by atoms with Gasteiger partial charge in [-0.3, -0.25) is 9.59 Å². The summed E-state index contributed by atoms with van der Waals surface area (Å²) in [6.07, 6.45) is 0. The van der Waals surface area contributed by atoms with E-state index in [4.69, 9.17) is 10.5 Å². The number of amides is 1. The molecular formula is C14H20N2O4. The zero-order valence-electron chi connectivity index (χ0n) is 12.0. The number of hydrogen-bond donors (Lipinski definition) is 1. The molecule has 6 nitrogen and oxygen atoms in total. The number of carbonyl (C=O) groups excluding carboxylic acids is 2. The molecular weight excluding hydrogens is 260 g/mol. The van der Waals surface area contributed by atoms with Crippen molar-refractivity contribution in [2.75, 3.05) is 26.0 Å². The number of rotatable bonds is 6. The maximum Gasteiger partial charge on any atom is 0.325 e. The van der Waals surface area contributed by atoms with Gasteiger partial charge in [0.05, 0.1) is 7.11 Å². The van der Waals surface area contributed by atoms with E-state index < -0.39 is 5.97 Å². The smallest absolute Gasteiger partial charge is 0.325 e. The van der Waals surface area contributed by atoms with Crippen molar-refractivity contribution in [3.8, 4) is 5.75 Å². The Balaban J connectivity index is 2.57. The van der Waals surface area contributed by atoms with Gasteiger partial charge >= 0.3 is 5.97 Å². The van der Waals surface area contributed by atoms with Crippen LogP contribution in [0.1, 0.15) is 13.8 Å². The van der Waals surface area contributed by atoms with Crippen LogP contribution in [0.25, 0.3) is 0 Å². The zero-order valence-corrected chi connectivity index (χ0v) is 12.0. The molecule has 0 heterocycles. The van der Waals surface area contributed by atoms with Gasteiger partial charge in [0.2, 0.25) is 0 Å². The summed E-state index contributed by atoms with van der Waals surface area (Å²) in [4.78, 5) is 24.7. The topological polar surface area (TPSA) is 81.9 Å². The lowest BCUT2D eigenvalue weighted by Gasteiger charge is -2.25. The van der Waals surface area contributed by atoms with Gasteiger partial charge in [-0.1, -0.05) is 0 Å². The van der Waals surface area contributed by atoms with Crippen LogP contribution in [0.4, 0.5) is 5.69 Å². The van der Waals surface area contributed by atoms with Crippen molar-refractivity contribution < 1.29 is 19.1 Å². The first-order valence-corrected chi connectivity index (χ1v) is 6.28. The third-order valence-electron chi connectivity index (χ3n) is 2.71. The largest absolute Gasteiger partial charge is 0.484 e. The molecule has 0 bridgehead atoms. The van der Waals surface area contributed by atoms with E-state index in [2.05, 4.69) is 4.74 Å². The quantitative estimate of drug-likeness (QED) is 0.622. The Morgan fingerprint density at radius 3 is 2.35 bits per heavy atom. The van der Waals surface area contributed by atoms with Crippen molar-refractivity contribution in [2.45, 2.75) is 19.9 Å². The molecule has 0 aromatic heterocycles. The number of benzene rings is 1. The molecule has 0 aliphatic carbocycles. The van der Waals surface area contributed by atoms with Gasteiger partial charge in [0.15, 0.2) is 6.61 Å². The molecule has 110 valence electrons. The van der Waals surface area contributed by atoms with Crippen molar-refractivity contribution in [1.29, 1.82) is 0 Å². The van der Waals surface area contributed by atoms with Gasteiger partial charge in [-0.15, -0.1) is 0 Å². The van der Waals surface area contributed by atoms with E-state index in [1.165, 1.54) is 12.0 Å². The molecule has 1 aromatic carbocycles. The minimum atomic E-state index is -0.459. The third-order valence-corrected chi connectivity index (χ3v) is 2.71. The molecule has 0 radical (unpaired) electrons. The highest BCUT2D eigenvalue weighted by molar-refractivity contribution is 5.83. The summed E-state index contributed by atoms with van der Waals surface area (Å²) in [5.41, 5.74) is 6.18. The van der Waals surface area contributed by atoms with Crippen LogP contribution in [0.15, 0.2) is 24.3 Å². The summed E-state index contributed by atoms with van der Waals surface area (Å²) < 4.78 is 9.94. The van der Waals surface area contributed by atoms with Gasteiger partial charge in [-0.2, -0.15) is 0 Å². The average Bonchev–Trinajstić information content (AvgIpc) is 2.43. The standard InChI is InChI=1S/C14H20N2O4/c1-10(2)16(8-14(18)19-3)13(17)9-20-12-6-4-11(15)5-7-12/h4-7,10H,8-9,15H2,1-3H3. The Morgan fingerprint density at radius 2 is 1.85 bits per heavy atom. The van der Waals surface area contributed by atoms with E-state index >= 15 is 0 Å². The maximum atomic E-state index is 12.0. The van der Waals surface area contributed by atoms with E-state index in [0.29, 0.717) is 11.4 Å². The van der Waals surface area contributed by atoms with E-state index in [1.54, 1.807) is 24.3 Å². The number of methoxy groups -OCH3 is 1. The minimum absolute atomic E-state index is 0.0852. The monoisotopic (exact) mass is 280 g/mol. The molecule has 0 atom stereocenters. The van der Waals surface area contributed by atoms with Gasteiger partial charge in [0.25, 0.3) is 5.91 Å².